The minimum atomic E-state index is 0.471. The van der Waals surface area contributed by atoms with E-state index in [1.807, 2.05) is 0 Å². The summed E-state index contributed by atoms with van der Waals surface area (Å²) in [5.74, 6) is 2.74. The van der Waals surface area contributed by atoms with E-state index in [-0.39, 0.29) is 0 Å². The Kier molecular flexibility index (Phi) is 5.31. The molecule has 0 radical (unpaired) electrons. The zero-order chi connectivity index (χ0) is 17.9. The van der Waals surface area contributed by atoms with Crippen LogP contribution < -0.4 is 0 Å². The van der Waals surface area contributed by atoms with Gasteiger partial charge < -0.3 is 4.57 Å². The summed E-state index contributed by atoms with van der Waals surface area (Å²) in [5, 5.41) is 9.10. The zero-order valence-electron chi connectivity index (χ0n) is 16.1. The van der Waals surface area contributed by atoms with E-state index in [0.29, 0.717) is 5.92 Å². The number of rotatable bonds is 5. The third-order valence-corrected chi connectivity index (χ3v) is 5.76. The van der Waals surface area contributed by atoms with E-state index in [9.17, 15) is 0 Å². The van der Waals surface area contributed by atoms with Crippen molar-refractivity contribution in [3.8, 4) is 0 Å². The fraction of sp³-hybridized carbons (Fsp3) is 0.650. The van der Waals surface area contributed by atoms with Crippen LogP contribution in [-0.4, -0.2) is 55.7 Å². The van der Waals surface area contributed by atoms with Crippen LogP contribution in [0.1, 0.15) is 54.6 Å². The summed E-state index contributed by atoms with van der Waals surface area (Å²) in [4.78, 5) is 9.67. The number of nitrogens with zero attached hydrogens (tertiary/aromatic N) is 6. The molecule has 2 aliphatic heterocycles. The molecule has 4 heterocycles. The van der Waals surface area contributed by atoms with Gasteiger partial charge in [0.2, 0.25) is 0 Å². The van der Waals surface area contributed by atoms with Gasteiger partial charge >= 0.3 is 0 Å². The highest BCUT2D eigenvalue weighted by molar-refractivity contribution is 5.10. The lowest BCUT2D eigenvalue weighted by molar-refractivity contribution is 0.192. The number of piperidine rings is 1. The molecule has 2 saturated heterocycles. The molecule has 2 aromatic rings. The predicted octanol–water partition coefficient (Wildman–Crippen LogP) is 2.49. The van der Waals surface area contributed by atoms with Crippen LogP contribution in [0.15, 0.2) is 18.2 Å². The molecular weight excluding hydrogens is 324 g/mol. The van der Waals surface area contributed by atoms with Gasteiger partial charge in [0, 0.05) is 31.7 Å². The third-order valence-electron chi connectivity index (χ3n) is 5.76. The molecule has 6 heteroatoms. The van der Waals surface area contributed by atoms with E-state index in [1.165, 1.54) is 44.5 Å². The lowest BCUT2D eigenvalue weighted by Gasteiger charge is -2.32. The topological polar surface area (TPSA) is 50.1 Å². The van der Waals surface area contributed by atoms with Crippen molar-refractivity contribution < 1.29 is 0 Å². The van der Waals surface area contributed by atoms with Crippen LogP contribution in [0.25, 0.3) is 0 Å². The van der Waals surface area contributed by atoms with Crippen molar-refractivity contribution in [1.29, 1.82) is 0 Å². The Labute approximate surface area is 156 Å². The fourth-order valence-electron chi connectivity index (χ4n) is 4.34. The number of hydrogen-bond acceptors (Lipinski definition) is 5. The first-order chi connectivity index (χ1) is 12.7. The molecule has 6 nitrogen and oxygen atoms in total. The number of likely N-dealkylation sites (tertiary alicyclic amines) is 2. The van der Waals surface area contributed by atoms with Crippen molar-refractivity contribution in [1.82, 2.24) is 29.5 Å². The van der Waals surface area contributed by atoms with Gasteiger partial charge in [0.05, 0.1) is 12.2 Å². The molecule has 140 valence electrons. The molecule has 0 saturated carbocycles. The summed E-state index contributed by atoms with van der Waals surface area (Å²) in [6.45, 7) is 8.51. The summed E-state index contributed by atoms with van der Waals surface area (Å²) in [5.41, 5.74) is 2.26. The first kappa shape index (κ1) is 17.6. The van der Waals surface area contributed by atoms with Crippen molar-refractivity contribution in [3.63, 3.8) is 0 Å². The molecule has 0 aliphatic carbocycles. The van der Waals surface area contributed by atoms with Crippen LogP contribution >= 0.6 is 0 Å². The maximum Gasteiger partial charge on any atom is 0.146 e. The SMILES string of the molecule is Cc1cccc(CN2CCC[C@H](c3nnc(CN4CCCC4)n3C)C2)n1. The van der Waals surface area contributed by atoms with Gasteiger partial charge in [-0.2, -0.15) is 0 Å². The number of pyridine rings is 1. The van der Waals surface area contributed by atoms with Crippen molar-refractivity contribution in [2.24, 2.45) is 7.05 Å². The van der Waals surface area contributed by atoms with Crippen LogP contribution in [0.3, 0.4) is 0 Å². The molecule has 0 N–H and O–H groups in total. The van der Waals surface area contributed by atoms with Crippen molar-refractivity contribution in [2.45, 2.75) is 51.6 Å². The average Bonchev–Trinajstić information content (AvgIpc) is 3.26. The van der Waals surface area contributed by atoms with Gasteiger partial charge in [0.1, 0.15) is 11.6 Å². The highest BCUT2D eigenvalue weighted by atomic mass is 15.3. The quantitative estimate of drug-likeness (QED) is 0.826. The van der Waals surface area contributed by atoms with E-state index >= 15 is 0 Å². The zero-order valence-corrected chi connectivity index (χ0v) is 16.1. The monoisotopic (exact) mass is 354 g/mol. The summed E-state index contributed by atoms with van der Waals surface area (Å²) in [7, 11) is 2.14. The van der Waals surface area contributed by atoms with Gasteiger partial charge in [-0.25, -0.2) is 0 Å². The molecule has 0 amide bonds. The van der Waals surface area contributed by atoms with E-state index < -0.39 is 0 Å². The van der Waals surface area contributed by atoms with Gasteiger partial charge in [-0.1, -0.05) is 6.07 Å². The van der Waals surface area contributed by atoms with E-state index in [1.54, 1.807) is 0 Å². The van der Waals surface area contributed by atoms with Gasteiger partial charge in [-0.3, -0.25) is 14.8 Å². The average molecular weight is 355 g/mol. The summed E-state index contributed by atoms with van der Waals surface area (Å²) in [6.07, 6.45) is 5.04. The fourth-order valence-corrected chi connectivity index (χ4v) is 4.34. The maximum atomic E-state index is 4.66. The largest absolute Gasteiger partial charge is 0.317 e. The maximum absolute atomic E-state index is 4.66. The van der Waals surface area contributed by atoms with Gasteiger partial charge in [-0.15, -0.1) is 10.2 Å². The van der Waals surface area contributed by atoms with Crippen LogP contribution in [0, 0.1) is 6.92 Å². The summed E-state index contributed by atoms with van der Waals surface area (Å²) in [6, 6.07) is 6.30. The Hall–Kier alpha value is -1.79. The van der Waals surface area contributed by atoms with Gasteiger partial charge in [0.25, 0.3) is 0 Å². The second kappa shape index (κ2) is 7.84. The summed E-state index contributed by atoms with van der Waals surface area (Å²) < 4.78 is 2.25. The van der Waals surface area contributed by atoms with E-state index in [0.717, 1.165) is 43.5 Å². The molecule has 2 fully saturated rings. The first-order valence-corrected chi connectivity index (χ1v) is 9.94. The van der Waals surface area contributed by atoms with Crippen molar-refractivity contribution in [2.75, 3.05) is 26.2 Å². The van der Waals surface area contributed by atoms with Crippen molar-refractivity contribution in [3.05, 3.63) is 41.2 Å². The Balaban J connectivity index is 1.41. The lowest BCUT2D eigenvalue weighted by atomic mass is 9.97. The highest BCUT2D eigenvalue weighted by Crippen LogP contribution is 2.27. The van der Waals surface area contributed by atoms with Gasteiger partial charge in [0.15, 0.2) is 0 Å². The number of aryl methyl sites for hydroxylation is 1. The molecule has 0 aromatic carbocycles. The molecule has 4 rings (SSSR count). The van der Waals surface area contributed by atoms with E-state index in [2.05, 4.69) is 61.7 Å². The van der Waals surface area contributed by atoms with E-state index in [4.69, 9.17) is 0 Å². The highest BCUT2D eigenvalue weighted by Gasteiger charge is 2.26. The third kappa shape index (κ3) is 3.96. The standard InChI is InChI=1S/C20H30N6/c1-16-7-5-9-18(21-16)14-26-12-6-8-17(13-26)20-23-22-19(24(20)2)15-25-10-3-4-11-25/h5,7,9,17H,3-4,6,8,10-15H2,1-2H3/t17-/m0/s1. The Morgan fingerprint density at radius 3 is 2.62 bits per heavy atom. The van der Waals surface area contributed by atoms with Crippen LogP contribution in [0.5, 0.6) is 0 Å². The minimum absolute atomic E-state index is 0.471. The second-order valence-electron chi connectivity index (χ2n) is 7.86. The smallest absolute Gasteiger partial charge is 0.146 e. The summed E-state index contributed by atoms with van der Waals surface area (Å²) >= 11 is 0. The van der Waals surface area contributed by atoms with Crippen molar-refractivity contribution >= 4 is 0 Å². The molecule has 2 aromatic heterocycles. The lowest BCUT2D eigenvalue weighted by Crippen LogP contribution is -2.35. The van der Waals surface area contributed by atoms with Crippen LogP contribution in [0.2, 0.25) is 0 Å². The Morgan fingerprint density at radius 1 is 1.00 bits per heavy atom. The Morgan fingerprint density at radius 2 is 1.81 bits per heavy atom. The van der Waals surface area contributed by atoms with Crippen LogP contribution in [0.4, 0.5) is 0 Å². The first-order valence-electron chi connectivity index (χ1n) is 9.94. The molecule has 0 bridgehead atoms. The molecular formula is C20H30N6. The number of aromatic nitrogens is 4. The number of hydrogen-bond donors (Lipinski definition) is 0. The Bertz CT molecular complexity index is 734. The molecule has 0 unspecified atom stereocenters. The molecule has 2 aliphatic rings. The second-order valence-corrected chi connectivity index (χ2v) is 7.86. The predicted molar refractivity (Wildman–Crippen MR) is 102 cm³/mol. The normalized spacial score (nSPS) is 22.2. The molecule has 26 heavy (non-hydrogen) atoms. The van der Waals surface area contributed by atoms with Gasteiger partial charge in [-0.05, 0) is 64.4 Å². The molecule has 0 spiro atoms. The molecule has 1 atom stereocenters. The van der Waals surface area contributed by atoms with Crippen LogP contribution in [-0.2, 0) is 20.1 Å². The minimum Gasteiger partial charge on any atom is -0.317 e.